The quantitative estimate of drug-likeness (QED) is 0.866. The molecule has 2 N–H and O–H groups in total. The molecule has 0 spiro atoms. The number of sulfonamides is 1. The lowest BCUT2D eigenvalue weighted by atomic mass is 10.1. The highest BCUT2D eigenvalue weighted by Gasteiger charge is 2.20. The van der Waals surface area contributed by atoms with E-state index in [1.165, 1.54) is 12.3 Å². The van der Waals surface area contributed by atoms with Crippen LogP contribution in [0.5, 0.6) is 0 Å². The zero-order valence-corrected chi connectivity index (χ0v) is 14.0. The Morgan fingerprint density at radius 1 is 1.29 bits per heavy atom. The van der Waals surface area contributed by atoms with Crippen molar-refractivity contribution < 1.29 is 13.5 Å². The lowest BCUT2D eigenvalue weighted by Gasteiger charge is -2.13. The van der Waals surface area contributed by atoms with Crippen LogP contribution in [0.1, 0.15) is 16.7 Å². The third-order valence-electron chi connectivity index (χ3n) is 3.04. The van der Waals surface area contributed by atoms with Crippen LogP contribution in [-0.4, -0.2) is 18.5 Å². The molecule has 1 heterocycles. The molecule has 1 aromatic heterocycles. The smallest absolute Gasteiger partial charge is 0.263 e. The molecule has 2 rings (SSSR count). The zero-order chi connectivity index (χ0) is 15.6. The van der Waals surface area contributed by atoms with Crippen molar-refractivity contribution >= 4 is 31.6 Å². The third-order valence-corrected chi connectivity index (χ3v) is 5.74. The van der Waals surface area contributed by atoms with Gasteiger partial charge < -0.3 is 5.11 Å². The Morgan fingerprint density at radius 3 is 2.62 bits per heavy atom. The maximum absolute atomic E-state index is 12.5. The second-order valence-corrected chi connectivity index (χ2v) is 7.12. The van der Waals surface area contributed by atoms with Crippen LogP contribution in [0.3, 0.4) is 0 Å². The van der Waals surface area contributed by atoms with E-state index < -0.39 is 10.0 Å². The normalized spacial score (nSPS) is 11.4. The molecule has 0 fully saturated rings. The molecule has 0 radical (unpaired) electrons. The molecule has 0 aliphatic carbocycles. The summed E-state index contributed by atoms with van der Waals surface area (Å²) >= 11 is 3.29. The minimum atomic E-state index is -3.77. The first-order chi connectivity index (χ1) is 9.85. The summed E-state index contributed by atoms with van der Waals surface area (Å²) in [4.78, 5) is 4.01. The number of nitrogens with one attached hydrogen (secondary N) is 1. The molecule has 0 saturated heterocycles. The number of benzene rings is 1. The summed E-state index contributed by atoms with van der Waals surface area (Å²) in [6, 6.07) is 4.91. The van der Waals surface area contributed by atoms with Crippen LogP contribution in [0.2, 0.25) is 0 Å². The van der Waals surface area contributed by atoms with Crippen molar-refractivity contribution in [3.63, 3.8) is 0 Å². The molecule has 5 nitrogen and oxygen atoms in total. The Balaban J connectivity index is 2.50. The van der Waals surface area contributed by atoms with Gasteiger partial charge in [0, 0.05) is 10.7 Å². The van der Waals surface area contributed by atoms with Gasteiger partial charge >= 0.3 is 0 Å². The van der Waals surface area contributed by atoms with E-state index in [4.69, 9.17) is 0 Å². The van der Waals surface area contributed by atoms with Crippen LogP contribution >= 0.6 is 15.9 Å². The molecule has 0 bridgehead atoms. The number of aryl methyl sites for hydroxylation is 2. The summed E-state index contributed by atoms with van der Waals surface area (Å²) in [6.07, 6.45) is 3.06. The lowest BCUT2D eigenvalue weighted by Crippen LogP contribution is -2.15. The molecule has 21 heavy (non-hydrogen) atoms. The first kappa shape index (κ1) is 15.9. The van der Waals surface area contributed by atoms with Crippen molar-refractivity contribution in [3.05, 3.63) is 51.8 Å². The molecule has 7 heteroatoms. The predicted molar refractivity (Wildman–Crippen MR) is 84.6 cm³/mol. The summed E-state index contributed by atoms with van der Waals surface area (Å²) < 4.78 is 28.1. The largest absolute Gasteiger partial charge is 0.392 e. The Bertz CT molecular complexity index is 776. The van der Waals surface area contributed by atoms with Gasteiger partial charge in [-0.3, -0.25) is 9.71 Å². The fourth-order valence-corrected chi connectivity index (χ4v) is 4.05. The van der Waals surface area contributed by atoms with Crippen LogP contribution in [-0.2, 0) is 16.6 Å². The van der Waals surface area contributed by atoms with E-state index in [0.29, 0.717) is 15.7 Å². The summed E-state index contributed by atoms with van der Waals surface area (Å²) in [5.74, 6) is 0. The highest BCUT2D eigenvalue weighted by Crippen LogP contribution is 2.29. The van der Waals surface area contributed by atoms with Gasteiger partial charge in [-0.2, -0.15) is 0 Å². The van der Waals surface area contributed by atoms with E-state index in [1.54, 1.807) is 32.2 Å². The molecular formula is C14H15BrN2O3S. The van der Waals surface area contributed by atoms with E-state index in [9.17, 15) is 13.5 Å². The highest BCUT2D eigenvalue weighted by atomic mass is 79.9. The number of aromatic nitrogens is 1. The second-order valence-electron chi connectivity index (χ2n) is 4.68. The van der Waals surface area contributed by atoms with Gasteiger partial charge in [-0.1, -0.05) is 6.07 Å². The number of hydrogen-bond acceptors (Lipinski definition) is 4. The van der Waals surface area contributed by atoms with Crippen LogP contribution < -0.4 is 4.72 Å². The first-order valence-corrected chi connectivity index (χ1v) is 8.46. The summed E-state index contributed by atoms with van der Waals surface area (Å²) in [6.45, 7) is 3.35. The summed E-state index contributed by atoms with van der Waals surface area (Å²) in [5.41, 5.74) is 2.49. The number of hydrogen-bond donors (Lipinski definition) is 2. The first-order valence-electron chi connectivity index (χ1n) is 6.18. The van der Waals surface area contributed by atoms with Gasteiger partial charge in [0.05, 0.1) is 18.5 Å². The lowest BCUT2D eigenvalue weighted by molar-refractivity contribution is 0.281. The van der Waals surface area contributed by atoms with Gasteiger partial charge in [-0.05, 0) is 58.6 Å². The van der Waals surface area contributed by atoms with E-state index >= 15 is 0 Å². The maximum atomic E-state index is 12.5. The summed E-state index contributed by atoms with van der Waals surface area (Å²) in [7, 11) is -3.77. The van der Waals surface area contributed by atoms with Crippen LogP contribution in [0.25, 0.3) is 0 Å². The van der Waals surface area contributed by atoms with Gasteiger partial charge in [-0.25, -0.2) is 8.42 Å². The van der Waals surface area contributed by atoms with Crippen molar-refractivity contribution in [1.82, 2.24) is 4.98 Å². The molecular weight excluding hydrogens is 356 g/mol. The number of halogens is 1. The van der Waals surface area contributed by atoms with E-state index in [2.05, 4.69) is 25.6 Å². The average Bonchev–Trinajstić information content (AvgIpc) is 2.43. The van der Waals surface area contributed by atoms with Crippen molar-refractivity contribution in [1.29, 1.82) is 0 Å². The molecule has 112 valence electrons. The van der Waals surface area contributed by atoms with Gasteiger partial charge in [0.25, 0.3) is 10.0 Å². The number of pyridine rings is 1. The number of aliphatic hydroxyl groups is 1. The molecule has 0 aliphatic rings. The van der Waals surface area contributed by atoms with E-state index in [0.717, 1.165) is 11.1 Å². The molecule has 2 aromatic rings. The SMILES string of the molecule is Cc1ccncc1NS(=O)(=O)c1cc(CO)cc(C)c1Br. The van der Waals surface area contributed by atoms with E-state index in [-0.39, 0.29) is 11.5 Å². The van der Waals surface area contributed by atoms with Crippen molar-refractivity contribution in [3.8, 4) is 0 Å². The second kappa shape index (κ2) is 6.13. The topological polar surface area (TPSA) is 79.3 Å². The Hall–Kier alpha value is -1.44. The molecule has 0 saturated carbocycles. The number of nitrogens with zero attached hydrogens (tertiary/aromatic N) is 1. The van der Waals surface area contributed by atoms with Gasteiger partial charge in [-0.15, -0.1) is 0 Å². The molecule has 1 aromatic carbocycles. The maximum Gasteiger partial charge on any atom is 0.263 e. The van der Waals surface area contributed by atoms with Crippen LogP contribution in [0, 0.1) is 13.8 Å². The fraction of sp³-hybridized carbons (Fsp3) is 0.214. The van der Waals surface area contributed by atoms with Gasteiger partial charge in [0.15, 0.2) is 0 Å². The zero-order valence-electron chi connectivity index (χ0n) is 11.6. The minimum Gasteiger partial charge on any atom is -0.392 e. The minimum absolute atomic E-state index is 0.0924. The van der Waals surface area contributed by atoms with Gasteiger partial charge in [0.2, 0.25) is 0 Å². The number of rotatable bonds is 4. The fourth-order valence-electron chi connectivity index (χ4n) is 1.87. The van der Waals surface area contributed by atoms with Crippen molar-refractivity contribution in [2.45, 2.75) is 25.3 Å². The highest BCUT2D eigenvalue weighted by molar-refractivity contribution is 9.10. The monoisotopic (exact) mass is 370 g/mol. The van der Waals surface area contributed by atoms with Crippen molar-refractivity contribution in [2.24, 2.45) is 0 Å². The number of anilines is 1. The number of aliphatic hydroxyl groups excluding tert-OH is 1. The third kappa shape index (κ3) is 3.42. The molecule has 0 amide bonds. The van der Waals surface area contributed by atoms with Crippen molar-refractivity contribution in [2.75, 3.05) is 4.72 Å². The molecule has 0 atom stereocenters. The Kier molecular flexibility index (Phi) is 4.65. The molecule has 0 unspecified atom stereocenters. The summed E-state index contributed by atoms with van der Waals surface area (Å²) in [5, 5.41) is 9.24. The molecule has 0 aliphatic heterocycles. The Labute approximate surface area is 132 Å². The predicted octanol–water partition coefficient (Wildman–Crippen LogP) is 2.75. The average molecular weight is 371 g/mol. The Morgan fingerprint density at radius 2 is 2.00 bits per heavy atom. The van der Waals surface area contributed by atoms with E-state index in [1.807, 2.05) is 0 Å². The standard InChI is InChI=1S/C14H15BrN2O3S/c1-9-3-4-16-7-12(9)17-21(19,20)13-6-11(8-18)5-10(2)14(13)15/h3-7,17-18H,8H2,1-2H3. The van der Waals surface area contributed by atoms with Crippen LogP contribution in [0.15, 0.2) is 40.0 Å². The van der Waals surface area contributed by atoms with Crippen LogP contribution in [0.4, 0.5) is 5.69 Å². The van der Waals surface area contributed by atoms with Gasteiger partial charge in [0.1, 0.15) is 4.90 Å².